The van der Waals surface area contributed by atoms with Gasteiger partial charge >= 0.3 is 0 Å². The molecule has 1 amide bonds. The summed E-state index contributed by atoms with van der Waals surface area (Å²) in [5.41, 5.74) is 0.617. The van der Waals surface area contributed by atoms with Gasteiger partial charge in [-0.25, -0.2) is 9.37 Å². The minimum atomic E-state index is -0.232. The third-order valence-electron chi connectivity index (χ3n) is 3.58. The molecule has 0 aliphatic rings. The largest absolute Gasteiger partial charge is 0.302 e. The minimum Gasteiger partial charge on any atom is -0.302 e. The number of benzene rings is 1. The number of nitrogens with one attached hydrogen (secondary N) is 1. The number of aromatic nitrogens is 3. The maximum absolute atomic E-state index is 13.7. The molecule has 2 aromatic heterocycles. The molecule has 24 heavy (non-hydrogen) atoms. The Balaban J connectivity index is 1.58. The Kier molecular flexibility index (Phi) is 5.00. The summed E-state index contributed by atoms with van der Waals surface area (Å²) in [4.78, 5) is 17.2. The molecule has 0 unspecified atom stereocenters. The molecule has 0 aliphatic carbocycles. The van der Waals surface area contributed by atoms with Gasteiger partial charge < -0.3 is 5.32 Å². The highest BCUT2D eigenvalue weighted by molar-refractivity contribution is 7.15. The van der Waals surface area contributed by atoms with E-state index in [1.165, 1.54) is 17.4 Å². The van der Waals surface area contributed by atoms with Gasteiger partial charge in [0.15, 0.2) is 5.13 Å². The summed E-state index contributed by atoms with van der Waals surface area (Å²) in [6, 6.07) is 8.45. The number of amides is 1. The smallest absolute Gasteiger partial charge is 0.228 e. The van der Waals surface area contributed by atoms with Gasteiger partial charge in [-0.1, -0.05) is 18.2 Å². The van der Waals surface area contributed by atoms with Gasteiger partial charge in [0.25, 0.3) is 0 Å². The van der Waals surface area contributed by atoms with Crippen LogP contribution in [0.1, 0.15) is 29.8 Å². The Morgan fingerprint density at radius 2 is 2.21 bits per heavy atom. The molecular formula is C17H17FN4OS. The van der Waals surface area contributed by atoms with Crippen molar-refractivity contribution in [3.8, 4) is 0 Å². The first kappa shape index (κ1) is 16.3. The fraction of sp³-hybridized carbons (Fsp3) is 0.235. The zero-order chi connectivity index (χ0) is 16.9. The normalized spacial score (nSPS) is 12.1. The van der Waals surface area contributed by atoms with E-state index in [1.54, 1.807) is 35.3 Å². The van der Waals surface area contributed by atoms with Gasteiger partial charge in [-0.15, -0.1) is 11.3 Å². The fourth-order valence-electron chi connectivity index (χ4n) is 2.35. The average molecular weight is 344 g/mol. The SMILES string of the molecule is C[C@@H](CC(=O)Nc1ncc(Cc2ccccc2F)s1)n1cccn1. The van der Waals surface area contributed by atoms with E-state index in [2.05, 4.69) is 15.4 Å². The van der Waals surface area contributed by atoms with E-state index in [1.807, 2.05) is 19.2 Å². The van der Waals surface area contributed by atoms with Crippen molar-refractivity contribution < 1.29 is 9.18 Å². The van der Waals surface area contributed by atoms with Crippen molar-refractivity contribution in [1.82, 2.24) is 14.8 Å². The first-order valence-electron chi connectivity index (χ1n) is 7.59. The van der Waals surface area contributed by atoms with Crippen LogP contribution in [-0.4, -0.2) is 20.7 Å². The van der Waals surface area contributed by atoms with E-state index < -0.39 is 0 Å². The Morgan fingerprint density at radius 1 is 1.38 bits per heavy atom. The Bertz CT molecular complexity index is 816. The van der Waals surface area contributed by atoms with Crippen LogP contribution >= 0.6 is 11.3 Å². The van der Waals surface area contributed by atoms with Crippen molar-refractivity contribution in [3.63, 3.8) is 0 Å². The van der Waals surface area contributed by atoms with Gasteiger partial charge in [0, 0.05) is 36.3 Å². The molecule has 124 valence electrons. The molecular weight excluding hydrogens is 327 g/mol. The van der Waals surface area contributed by atoms with Crippen molar-refractivity contribution >= 4 is 22.4 Å². The predicted octanol–water partition coefficient (Wildman–Crippen LogP) is 3.66. The van der Waals surface area contributed by atoms with Crippen LogP contribution in [0.15, 0.2) is 48.9 Å². The molecule has 0 fully saturated rings. The van der Waals surface area contributed by atoms with Gasteiger partial charge in [-0.2, -0.15) is 5.10 Å². The molecule has 0 radical (unpaired) electrons. The van der Waals surface area contributed by atoms with Crippen LogP contribution in [0.5, 0.6) is 0 Å². The number of carbonyl (C=O) groups is 1. The molecule has 5 nitrogen and oxygen atoms in total. The lowest BCUT2D eigenvalue weighted by Crippen LogP contribution is -2.17. The molecule has 1 aromatic carbocycles. The number of nitrogens with zero attached hydrogens (tertiary/aromatic N) is 3. The number of anilines is 1. The summed E-state index contributed by atoms with van der Waals surface area (Å²) < 4.78 is 15.4. The van der Waals surface area contributed by atoms with Crippen molar-refractivity contribution in [2.24, 2.45) is 0 Å². The Hall–Kier alpha value is -2.54. The molecule has 0 aliphatic heterocycles. The lowest BCUT2D eigenvalue weighted by Gasteiger charge is -2.10. The first-order chi connectivity index (χ1) is 11.6. The van der Waals surface area contributed by atoms with E-state index in [0.29, 0.717) is 23.5 Å². The highest BCUT2D eigenvalue weighted by Crippen LogP contribution is 2.23. The van der Waals surface area contributed by atoms with Crippen LogP contribution < -0.4 is 5.32 Å². The van der Waals surface area contributed by atoms with Gasteiger partial charge in [0.2, 0.25) is 5.91 Å². The van der Waals surface area contributed by atoms with E-state index in [9.17, 15) is 9.18 Å². The average Bonchev–Trinajstić information content (AvgIpc) is 3.21. The molecule has 1 atom stereocenters. The van der Waals surface area contributed by atoms with Crippen molar-refractivity contribution in [2.75, 3.05) is 5.32 Å². The van der Waals surface area contributed by atoms with Crippen molar-refractivity contribution in [1.29, 1.82) is 0 Å². The lowest BCUT2D eigenvalue weighted by atomic mass is 10.1. The molecule has 7 heteroatoms. The lowest BCUT2D eigenvalue weighted by molar-refractivity contribution is -0.116. The predicted molar refractivity (Wildman–Crippen MR) is 91.5 cm³/mol. The number of halogens is 1. The zero-order valence-electron chi connectivity index (χ0n) is 13.1. The van der Waals surface area contributed by atoms with Crippen LogP contribution in [0, 0.1) is 5.82 Å². The topological polar surface area (TPSA) is 59.8 Å². The minimum absolute atomic E-state index is 0.0298. The second kappa shape index (κ2) is 7.35. The molecule has 0 saturated heterocycles. The van der Waals surface area contributed by atoms with Crippen LogP contribution in [0.25, 0.3) is 0 Å². The van der Waals surface area contributed by atoms with Crippen LogP contribution in [0.4, 0.5) is 9.52 Å². The molecule has 1 N–H and O–H groups in total. The van der Waals surface area contributed by atoms with E-state index in [4.69, 9.17) is 0 Å². The Morgan fingerprint density at radius 3 is 2.96 bits per heavy atom. The third-order valence-corrected chi connectivity index (χ3v) is 4.49. The highest BCUT2D eigenvalue weighted by Gasteiger charge is 2.13. The quantitative estimate of drug-likeness (QED) is 0.742. The van der Waals surface area contributed by atoms with Crippen LogP contribution in [0.3, 0.4) is 0 Å². The van der Waals surface area contributed by atoms with E-state index in [-0.39, 0.29) is 17.8 Å². The molecule has 0 spiro atoms. The number of hydrogen-bond acceptors (Lipinski definition) is 4. The fourth-order valence-corrected chi connectivity index (χ4v) is 3.20. The van der Waals surface area contributed by atoms with Gasteiger partial charge in [-0.05, 0) is 24.6 Å². The molecule has 0 bridgehead atoms. The standard InChI is InChI=1S/C17H17FN4OS/c1-12(22-8-4-7-20-22)9-16(23)21-17-19-11-14(24-17)10-13-5-2-3-6-15(13)18/h2-8,11-12H,9-10H2,1H3,(H,19,21,23)/t12-/m0/s1. The number of thiazole rings is 1. The zero-order valence-corrected chi connectivity index (χ0v) is 14.0. The van der Waals surface area contributed by atoms with Crippen LogP contribution in [-0.2, 0) is 11.2 Å². The molecule has 3 aromatic rings. The summed E-state index contributed by atoms with van der Waals surface area (Å²) in [6.45, 7) is 1.93. The monoisotopic (exact) mass is 344 g/mol. The maximum Gasteiger partial charge on any atom is 0.228 e. The summed E-state index contributed by atoms with van der Waals surface area (Å²) >= 11 is 1.36. The first-order valence-corrected chi connectivity index (χ1v) is 8.40. The van der Waals surface area contributed by atoms with E-state index >= 15 is 0 Å². The number of hydrogen-bond donors (Lipinski definition) is 1. The van der Waals surface area contributed by atoms with Gasteiger partial charge in [0.05, 0.1) is 6.04 Å². The maximum atomic E-state index is 13.7. The molecule has 0 saturated carbocycles. The summed E-state index contributed by atoms with van der Waals surface area (Å²) in [6.07, 6.45) is 5.95. The van der Waals surface area contributed by atoms with Gasteiger partial charge in [-0.3, -0.25) is 9.48 Å². The van der Waals surface area contributed by atoms with Crippen LogP contribution in [0.2, 0.25) is 0 Å². The number of carbonyl (C=O) groups excluding carboxylic acids is 1. The second-order valence-electron chi connectivity index (χ2n) is 5.49. The highest BCUT2D eigenvalue weighted by atomic mass is 32.1. The van der Waals surface area contributed by atoms with E-state index in [0.717, 1.165) is 4.88 Å². The van der Waals surface area contributed by atoms with Gasteiger partial charge in [0.1, 0.15) is 5.82 Å². The van der Waals surface area contributed by atoms with Crippen molar-refractivity contribution in [2.45, 2.75) is 25.8 Å². The molecule has 3 rings (SSSR count). The van der Waals surface area contributed by atoms with Crippen molar-refractivity contribution in [3.05, 3.63) is 65.2 Å². The second-order valence-corrected chi connectivity index (χ2v) is 6.60. The molecule has 2 heterocycles. The summed E-state index contributed by atoms with van der Waals surface area (Å²) in [5.74, 6) is -0.352. The summed E-state index contributed by atoms with van der Waals surface area (Å²) in [7, 11) is 0. The third kappa shape index (κ3) is 4.05. The summed E-state index contributed by atoms with van der Waals surface area (Å²) in [5, 5.41) is 7.44. The number of rotatable bonds is 6. The Labute approximate surface area is 143 Å².